The molecule has 0 unspecified atom stereocenters. The second-order valence-corrected chi connectivity index (χ2v) is 4.69. The molecule has 2 aromatic carbocycles. The molecule has 0 aliphatic rings. The van der Waals surface area contributed by atoms with Crippen molar-refractivity contribution in [1.82, 2.24) is 9.97 Å². The average Bonchev–Trinajstić information content (AvgIpc) is 2.95. The van der Waals surface area contributed by atoms with Gasteiger partial charge in [-0.1, -0.05) is 12.1 Å². The fourth-order valence-corrected chi connectivity index (χ4v) is 1.99. The number of carbonyl (C=O) groups is 1. The number of hydrogen-bond donors (Lipinski definition) is 2. The highest BCUT2D eigenvalue weighted by Crippen LogP contribution is 2.17. The SMILES string of the molecule is O=C(COc1ccc([N+](=O)[O-])cc1)Nc1nc2ccccc2[nH]1. The molecule has 8 heteroatoms. The van der Waals surface area contributed by atoms with E-state index in [1.807, 2.05) is 24.3 Å². The maximum atomic E-state index is 11.8. The monoisotopic (exact) mass is 312 g/mol. The van der Waals surface area contributed by atoms with Crippen molar-refractivity contribution >= 4 is 28.6 Å². The maximum Gasteiger partial charge on any atom is 0.269 e. The van der Waals surface area contributed by atoms with Gasteiger partial charge in [0.15, 0.2) is 6.61 Å². The lowest BCUT2D eigenvalue weighted by Gasteiger charge is -2.05. The number of rotatable bonds is 5. The van der Waals surface area contributed by atoms with E-state index in [1.54, 1.807) is 0 Å². The first-order chi connectivity index (χ1) is 11.1. The van der Waals surface area contributed by atoms with Gasteiger partial charge in [-0.2, -0.15) is 0 Å². The van der Waals surface area contributed by atoms with Gasteiger partial charge in [0.1, 0.15) is 5.75 Å². The number of fused-ring (bicyclic) bond motifs is 1. The third-order valence-electron chi connectivity index (χ3n) is 3.06. The van der Waals surface area contributed by atoms with Crippen molar-refractivity contribution in [3.8, 4) is 5.75 Å². The molecule has 0 aliphatic carbocycles. The summed E-state index contributed by atoms with van der Waals surface area (Å²) >= 11 is 0. The average molecular weight is 312 g/mol. The molecule has 1 heterocycles. The molecule has 0 atom stereocenters. The Morgan fingerprint density at radius 2 is 1.96 bits per heavy atom. The first kappa shape index (κ1) is 14.5. The molecule has 3 rings (SSSR count). The van der Waals surface area contributed by atoms with E-state index in [1.165, 1.54) is 24.3 Å². The van der Waals surface area contributed by atoms with Gasteiger partial charge in [0, 0.05) is 12.1 Å². The van der Waals surface area contributed by atoms with Crippen molar-refractivity contribution in [2.75, 3.05) is 11.9 Å². The van der Waals surface area contributed by atoms with E-state index in [2.05, 4.69) is 15.3 Å². The number of aromatic amines is 1. The van der Waals surface area contributed by atoms with Gasteiger partial charge in [-0.25, -0.2) is 4.98 Å². The number of H-pyrrole nitrogens is 1. The minimum atomic E-state index is -0.502. The zero-order valence-corrected chi connectivity index (χ0v) is 11.9. The van der Waals surface area contributed by atoms with Crippen LogP contribution in [0, 0.1) is 10.1 Å². The molecular formula is C15H12N4O4. The van der Waals surface area contributed by atoms with Gasteiger partial charge in [-0.3, -0.25) is 20.2 Å². The van der Waals surface area contributed by atoms with E-state index in [0.717, 1.165) is 11.0 Å². The van der Waals surface area contributed by atoms with E-state index in [-0.39, 0.29) is 18.2 Å². The fraction of sp³-hybridized carbons (Fsp3) is 0.0667. The van der Waals surface area contributed by atoms with Crippen molar-refractivity contribution in [3.63, 3.8) is 0 Å². The number of ether oxygens (including phenoxy) is 1. The molecule has 3 aromatic rings. The van der Waals surface area contributed by atoms with Gasteiger partial charge >= 0.3 is 0 Å². The van der Waals surface area contributed by atoms with Crippen molar-refractivity contribution in [2.24, 2.45) is 0 Å². The second kappa shape index (κ2) is 6.14. The van der Waals surface area contributed by atoms with Crippen molar-refractivity contribution in [1.29, 1.82) is 0 Å². The van der Waals surface area contributed by atoms with E-state index >= 15 is 0 Å². The summed E-state index contributed by atoms with van der Waals surface area (Å²) in [5.41, 5.74) is 1.53. The molecule has 116 valence electrons. The standard InChI is InChI=1S/C15H12N4O4/c20-14(9-23-11-7-5-10(6-8-11)19(21)22)18-15-16-12-3-1-2-4-13(12)17-15/h1-8H,9H2,(H2,16,17,18,20). The highest BCUT2D eigenvalue weighted by molar-refractivity contribution is 5.92. The van der Waals surface area contributed by atoms with Crippen LogP contribution in [0.4, 0.5) is 11.6 Å². The van der Waals surface area contributed by atoms with E-state index in [0.29, 0.717) is 11.7 Å². The predicted octanol–water partition coefficient (Wildman–Crippen LogP) is 2.49. The minimum absolute atomic E-state index is 0.0379. The summed E-state index contributed by atoms with van der Waals surface area (Å²) in [6.45, 7) is -0.227. The third-order valence-corrected chi connectivity index (χ3v) is 3.06. The number of nitro groups is 1. The van der Waals surface area contributed by atoms with Crippen LogP contribution in [-0.2, 0) is 4.79 Å². The Kier molecular flexibility index (Phi) is 3.88. The fourth-order valence-electron chi connectivity index (χ4n) is 1.99. The molecule has 1 aromatic heterocycles. The van der Waals surface area contributed by atoms with Crippen LogP contribution in [0.15, 0.2) is 48.5 Å². The Bertz CT molecular complexity index is 824. The molecule has 8 nitrogen and oxygen atoms in total. The summed E-state index contributed by atoms with van der Waals surface area (Å²) in [7, 11) is 0. The topological polar surface area (TPSA) is 110 Å². The molecule has 2 N–H and O–H groups in total. The lowest BCUT2D eigenvalue weighted by molar-refractivity contribution is -0.384. The summed E-state index contributed by atoms with van der Waals surface area (Å²) in [6, 6.07) is 12.9. The summed E-state index contributed by atoms with van der Waals surface area (Å²) in [6.07, 6.45) is 0. The van der Waals surface area contributed by atoms with E-state index < -0.39 is 4.92 Å². The normalized spacial score (nSPS) is 10.4. The lowest BCUT2D eigenvalue weighted by Crippen LogP contribution is -2.20. The van der Waals surface area contributed by atoms with Crippen LogP contribution < -0.4 is 10.1 Å². The van der Waals surface area contributed by atoms with Crippen molar-refractivity contribution < 1.29 is 14.5 Å². The number of imidazole rings is 1. The van der Waals surface area contributed by atoms with Crippen molar-refractivity contribution in [2.45, 2.75) is 0 Å². The van der Waals surface area contributed by atoms with Crippen LogP contribution >= 0.6 is 0 Å². The molecule has 0 saturated carbocycles. The minimum Gasteiger partial charge on any atom is -0.484 e. The number of nitrogens with one attached hydrogen (secondary N) is 2. The summed E-state index contributed by atoms with van der Waals surface area (Å²) in [5.74, 6) is 0.321. The lowest BCUT2D eigenvalue weighted by atomic mass is 10.3. The number of nitro benzene ring substituents is 1. The number of nitrogens with zero attached hydrogens (tertiary/aromatic N) is 2. The third kappa shape index (κ3) is 3.43. The number of benzene rings is 2. The van der Waals surface area contributed by atoms with Crippen LogP contribution in [0.1, 0.15) is 0 Å². The molecule has 0 radical (unpaired) electrons. The summed E-state index contributed by atoms with van der Waals surface area (Å²) in [5, 5.41) is 13.1. The number of para-hydroxylation sites is 2. The largest absolute Gasteiger partial charge is 0.484 e. The molecule has 0 bridgehead atoms. The number of hydrogen-bond acceptors (Lipinski definition) is 5. The zero-order chi connectivity index (χ0) is 16.2. The van der Waals surface area contributed by atoms with Gasteiger partial charge in [-0.15, -0.1) is 0 Å². The number of amides is 1. The summed E-state index contributed by atoms with van der Waals surface area (Å²) < 4.78 is 5.27. The second-order valence-electron chi connectivity index (χ2n) is 4.69. The molecular weight excluding hydrogens is 300 g/mol. The van der Waals surface area contributed by atoms with E-state index in [4.69, 9.17) is 4.74 Å². The van der Waals surface area contributed by atoms with Gasteiger partial charge in [0.05, 0.1) is 16.0 Å². The van der Waals surface area contributed by atoms with Gasteiger partial charge in [0.2, 0.25) is 5.95 Å². The smallest absolute Gasteiger partial charge is 0.269 e. The number of aromatic nitrogens is 2. The Morgan fingerprint density at radius 1 is 1.22 bits per heavy atom. The van der Waals surface area contributed by atoms with Crippen LogP contribution in [0.3, 0.4) is 0 Å². The Balaban J connectivity index is 1.57. The number of carbonyl (C=O) groups excluding carboxylic acids is 1. The quantitative estimate of drug-likeness (QED) is 0.555. The summed E-state index contributed by atoms with van der Waals surface area (Å²) in [4.78, 5) is 29.1. The van der Waals surface area contributed by atoms with Gasteiger partial charge < -0.3 is 9.72 Å². The molecule has 1 amide bonds. The van der Waals surface area contributed by atoms with Crippen molar-refractivity contribution in [3.05, 3.63) is 58.6 Å². The molecule has 0 spiro atoms. The van der Waals surface area contributed by atoms with E-state index in [9.17, 15) is 14.9 Å². The Morgan fingerprint density at radius 3 is 2.65 bits per heavy atom. The Hall–Kier alpha value is -3.42. The highest BCUT2D eigenvalue weighted by Gasteiger charge is 2.09. The predicted molar refractivity (Wildman–Crippen MR) is 83.3 cm³/mol. The first-order valence-electron chi connectivity index (χ1n) is 6.74. The molecule has 0 fully saturated rings. The molecule has 0 saturated heterocycles. The van der Waals surface area contributed by atoms with Crippen LogP contribution in [0.2, 0.25) is 0 Å². The number of anilines is 1. The molecule has 23 heavy (non-hydrogen) atoms. The first-order valence-corrected chi connectivity index (χ1v) is 6.74. The zero-order valence-electron chi connectivity index (χ0n) is 11.9. The van der Waals surface area contributed by atoms with Gasteiger partial charge in [-0.05, 0) is 24.3 Å². The van der Waals surface area contributed by atoms with Crippen LogP contribution in [0.25, 0.3) is 11.0 Å². The number of non-ortho nitro benzene ring substituents is 1. The van der Waals surface area contributed by atoms with Crippen LogP contribution in [-0.4, -0.2) is 27.4 Å². The molecule has 0 aliphatic heterocycles. The van der Waals surface area contributed by atoms with Crippen LogP contribution in [0.5, 0.6) is 5.75 Å². The highest BCUT2D eigenvalue weighted by atomic mass is 16.6. The maximum absolute atomic E-state index is 11.8. The Labute approximate surface area is 130 Å². The van der Waals surface area contributed by atoms with Gasteiger partial charge in [0.25, 0.3) is 11.6 Å².